The summed E-state index contributed by atoms with van der Waals surface area (Å²) in [5.41, 5.74) is 6.72. The van der Waals surface area contributed by atoms with Crippen molar-refractivity contribution in [3.8, 4) is 0 Å². The molecule has 0 radical (unpaired) electrons. The van der Waals surface area contributed by atoms with Gasteiger partial charge >= 0.3 is 0 Å². The molecule has 0 amide bonds. The van der Waals surface area contributed by atoms with E-state index in [1.165, 1.54) is 0 Å². The highest BCUT2D eigenvalue weighted by Gasteiger charge is 2.34. The Morgan fingerprint density at radius 2 is 2.06 bits per heavy atom. The summed E-state index contributed by atoms with van der Waals surface area (Å²) in [5, 5.41) is -0.425. The van der Waals surface area contributed by atoms with Crippen molar-refractivity contribution in [2.24, 2.45) is 0 Å². The average Bonchev–Trinajstić information content (AvgIpc) is 2.75. The molecule has 0 aliphatic carbocycles. The summed E-state index contributed by atoms with van der Waals surface area (Å²) in [7, 11) is -3.28. The molecule has 1 aromatic rings. The van der Waals surface area contributed by atoms with Crippen LogP contribution in [0.2, 0.25) is 0 Å². The Balaban J connectivity index is 1.98. The van der Waals surface area contributed by atoms with E-state index in [4.69, 9.17) is 0 Å². The SMILES string of the molecule is CC1NNCC1S(=O)(=O)NCc1ccccc1. The minimum atomic E-state index is -3.28. The van der Waals surface area contributed by atoms with Gasteiger partial charge < -0.3 is 0 Å². The van der Waals surface area contributed by atoms with E-state index in [2.05, 4.69) is 15.6 Å². The summed E-state index contributed by atoms with van der Waals surface area (Å²) >= 11 is 0. The van der Waals surface area contributed by atoms with Gasteiger partial charge in [-0.15, -0.1) is 0 Å². The fourth-order valence-corrected chi connectivity index (χ4v) is 3.35. The highest BCUT2D eigenvalue weighted by molar-refractivity contribution is 7.90. The first-order valence-electron chi connectivity index (χ1n) is 5.60. The number of hydrazine groups is 1. The summed E-state index contributed by atoms with van der Waals surface area (Å²) in [6.07, 6.45) is 0. The van der Waals surface area contributed by atoms with Crippen LogP contribution in [0.15, 0.2) is 30.3 Å². The topological polar surface area (TPSA) is 70.2 Å². The van der Waals surface area contributed by atoms with Crippen LogP contribution < -0.4 is 15.6 Å². The van der Waals surface area contributed by atoms with Gasteiger partial charge in [0.1, 0.15) is 5.25 Å². The highest BCUT2D eigenvalue weighted by atomic mass is 32.2. The molecule has 1 aliphatic heterocycles. The van der Waals surface area contributed by atoms with Gasteiger partial charge in [0.05, 0.1) is 0 Å². The summed E-state index contributed by atoms with van der Waals surface area (Å²) in [6, 6.07) is 9.41. The molecule has 2 rings (SSSR count). The van der Waals surface area contributed by atoms with Crippen molar-refractivity contribution in [2.75, 3.05) is 6.54 Å². The van der Waals surface area contributed by atoms with Crippen LogP contribution in [0, 0.1) is 0 Å². The molecule has 0 spiro atoms. The van der Waals surface area contributed by atoms with E-state index in [0.29, 0.717) is 13.1 Å². The predicted molar refractivity (Wildman–Crippen MR) is 66.6 cm³/mol. The summed E-state index contributed by atoms with van der Waals surface area (Å²) < 4.78 is 26.7. The molecule has 0 aromatic heterocycles. The van der Waals surface area contributed by atoms with Crippen molar-refractivity contribution in [3.63, 3.8) is 0 Å². The predicted octanol–water partition coefficient (Wildman–Crippen LogP) is -0.0291. The van der Waals surface area contributed by atoms with Gasteiger partial charge in [0.25, 0.3) is 0 Å². The van der Waals surface area contributed by atoms with E-state index in [1.807, 2.05) is 37.3 Å². The molecule has 0 saturated carbocycles. The zero-order chi connectivity index (χ0) is 12.3. The lowest BCUT2D eigenvalue weighted by Gasteiger charge is -2.15. The van der Waals surface area contributed by atoms with Crippen LogP contribution in [0.3, 0.4) is 0 Å². The second kappa shape index (κ2) is 5.14. The van der Waals surface area contributed by atoms with Crippen molar-refractivity contribution in [1.29, 1.82) is 0 Å². The quantitative estimate of drug-likeness (QED) is 0.707. The van der Waals surface area contributed by atoms with Crippen molar-refractivity contribution >= 4 is 10.0 Å². The van der Waals surface area contributed by atoms with Crippen LogP contribution in [0.4, 0.5) is 0 Å². The molecule has 2 unspecified atom stereocenters. The molecule has 0 bridgehead atoms. The summed E-state index contributed by atoms with van der Waals surface area (Å²) in [5.74, 6) is 0. The molecule has 94 valence electrons. The van der Waals surface area contributed by atoms with Gasteiger partial charge in [0.2, 0.25) is 10.0 Å². The Hall–Kier alpha value is -0.950. The van der Waals surface area contributed by atoms with E-state index in [9.17, 15) is 8.42 Å². The first-order chi connectivity index (χ1) is 8.09. The number of hydrogen-bond donors (Lipinski definition) is 3. The smallest absolute Gasteiger partial charge is 0.217 e. The molecule has 1 heterocycles. The molecule has 5 nitrogen and oxygen atoms in total. The van der Waals surface area contributed by atoms with Gasteiger partial charge in [-0.2, -0.15) is 0 Å². The molecule has 3 N–H and O–H groups in total. The molecule has 1 aliphatic rings. The van der Waals surface area contributed by atoms with Crippen LogP contribution in [0.1, 0.15) is 12.5 Å². The highest BCUT2D eigenvalue weighted by Crippen LogP contribution is 2.09. The Morgan fingerprint density at radius 3 is 2.65 bits per heavy atom. The Kier molecular flexibility index (Phi) is 3.78. The van der Waals surface area contributed by atoms with Crippen LogP contribution >= 0.6 is 0 Å². The third-order valence-electron chi connectivity index (χ3n) is 2.91. The van der Waals surface area contributed by atoms with Gasteiger partial charge in [0.15, 0.2) is 0 Å². The summed E-state index contributed by atoms with van der Waals surface area (Å²) in [6.45, 7) is 2.63. The molecular weight excluding hydrogens is 238 g/mol. The Morgan fingerprint density at radius 1 is 1.35 bits per heavy atom. The van der Waals surface area contributed by atoms with Gasteiger partial charge in [-0.05, 0) is 12.5 Å². The van der Waals surface area contributed by atoms with Crippen LogP contribution in [-0.4, -0.2) is 26.3 Å². The first kappa shape index (κ1) is 12.5. The summed E-state index contributed by atoms with van der Waals surface area (Å²) in [4.78, 5) is 0. The second-order valence-corrected chi connectivity index (χ2v) is 6.19. The largest absolute Gasteiger partial charge is 0.256 e. The standard InChI is InChI=1S/C11H17N3O2S/c1-9-11(8-12-14-9)17(15,16)13-7-10-5-3-2-4-6-10/h2-6,9,11-14H,7-8H2,1H3. The molecule has 1 fully saturated rings. The Labute approximate surface area is 102 Å². The maximum absolute atomic E-state index is 12.0. The van der Waals surface area contributed by atoms with E-state index in [0.717, 1.165) is 5.56 Å². The third-order valence-corrected chi connectivity index (χ3v) is 4.83. The van der Waals surface area contributed by atoms with Gasteiger partial charge in [-0.1, -0.05) is 30.3 Å². The minimum absolute atomic E-state index is 0.0803. The fraction of sp³-hybridized carbons (Fsp3) is 0.455. The molecule has 1 aromatic carbocycles. The molecule has 1 saturated heterocycles. The molecule has 2 atom stereocenters. The number of sulfonamides is 1. The van der Waals surface area contributed by atoms with Crippen molar-refractivity contribution < 1.29 is 8.42 Å². The van der Waals surface area contributed by atoms with E-state index >= 15 is 0 Å². The Bertz CT molecular complexity index is 461. The maximum Gasteiger partial charge on any atom is 0.217 e. The number of hydrogen-bond acceptors (Lipinski definition) is 4. The molecule has 17 heavy (non-hydrogen) atoms. The third kappa shape index (κ3) is 3.04. The fourth-order valence-electron chi connectivity index (χ4n) is 1.86. The lowest BCUT2D eigenvalue weighted by atomic mass is 10.2. The van der Waals surface area contributed by atoms with E-state index in [1.54, 1.807) is 0 Å². The van der Waals surface area contributed by atoms with Crippen molar-refractivity contribution in [3.05, 3.63) is 35.9 Å². The monoisotopic (exact) mass is 255 g/mol. The minimum Gasteiger partial charge on any atom is -0.256 e. The van der Waals surface area contributed by atoms with E-state index < -0.39 is 15.3 Å². The molecular formula is C11H17N3O2S. The van der Waals surface area contributed by atoms with Crippen molar-refractivity contribution in [2.45, 2.75) is 24.8 Å². The normalized spacial score (nSPS) is 25.0. The van der Waals surface area contributed by atoms with Crippen LogP contribution in [0.25, 0.3) is 0 Å². The molecule has 6 heteroatoms. The zero-order valence-electron chi connectivity index (χ0n) is 9.68. The average molecular weight is 255 g/mol. The van der Waals surface area contributed by atoms with Crippen LogP contribution in [-0.2, 0) is 16.6 Å². The zero-order valence-corrected chi connectivity index (χ0v) is 10.5. The lowest BCUT2D eigenvalue weighted by Crippen LogP contribution is -2.41. The number of nitrogens with one attached hydrogen (secondary N) is 3. The number of rotatable bonds is 4. The lowest BCUT2D eigenvalue weighted by molar-refractivity contribution is 0.549. The first-order valence-corrected chi connectivity index (χ1v) is 7.15. The van der Waals surface area contributed by atoms with Crippen molar-refractivity contribution in [1.82, 2.24) is 15.6 Å². The van der Waals surface area contributed by atoms with Gasteiger partial charge in [0, 0.05) is 19.1 Å². The second-order valence-electron chi connectivity index (χ2n) is 4.20. The maximum atomic E-state index is 12.0. The van der Waals surface area contributed by atoms with E-state index in [-0.39, 0.29) is 6.04 Å². The van der Waals surface area contributed by atoms with Crippen LogP contribution in [0.5, 0.6) is 0 Å². The number of benzene rings is 1. The van der Waals surface area contributed by atoms with Gasteiger partial charge in [-0.25, -0.2) is 13.1 Å². The van der Waals surface area contributed by atoms with Gasteiger partial charge in [-0.3, -0.25) is 10.9 Å².